The van der Waals surface area contributed by atoms with Crippen molar-refractivity contribution in [2.75, 3.05) is 18.0 Å². The molecule has 1 aromatic heterocycles. The first-order chi connectivity index (χ1) is 8.15. The molecule has 0 unspecified atom stereocenters. The van der Waals surface area contributed by atoms with E-state index in [-0.39, 0.29) is 0 Å². The van der Waals surface area contributed by atoms with Gasteiger partial charge >= 0.3 is 0 Å². The van der Waals surface area contributed by atoms with Crippen LogP contribution in [0.15, 0.2) is 0 Å². The van der Waals surface area contributed by atoms with Gasteiger partial charge in [-0.1, -0.05) is 38.0 Å². The molecular formula is C13H22N2OS. The van der Waals surface area contributed by atoms with Crippen LogP contribution in [0.5, 0.6) is 0 Å². The molecule has 0 amide bonds. The lowest BCUT2D eigenvalue weighted by Gasteiger charge is -2.24. The lowest BCUT2D eigenvalue weighted by Crippen LogP contribution is -2.28. The number of thiazole rings is 1. The summed E-state index contributed by atoms with van der Waals surface area (Å²) in [6.45, 7) is 10.5. The summed E-state index contributed by atoms with van der Waals surface area (Å²) in [6.07, 6.45) is 3.29. The Kier molecular flexibility index (Phi) is 5.62. The van der Waals surface area contributed by atoms with Crippen LogP contribution in [-0.4, -0.2) is 24.4 Å². The molecule has 0 bridgehead atoms. The van der Waals surface area contributed by atoms with Gasteiger partial charge in [-0.05, 0) is 19.8 Å². The molecule has 96 valence electrons. The van der Waals surface area contributed by atoms with Crippen LogP contribution in [0.3, 0.4) is 0 Å². The van der Waals surface area contributed by atoms with Gasteiger partial charge in [0.25, 0.3) is 0 Å². The molecule has 0 aliphatic rings. The second-order valence-electron chi connectivity index (χ2n) is 4.29. The molecule has 0 N–H and O–H groups in total. The average molecular weight is 254 g/mol. The van der Waals surface area contributed by atoms with Gasteiger partial charge in [0.2, 0.25) is 0 Å². The van der Waals surface area contributed by atoms with Crippen molar-refractivity contribution in [2.24, 2.45) is 5.92 Å². The Morgan fingerprint density at radius 2 is 2.00 bits per heavy atom. The first-order valence-electron chi connectivity index (χ1n) is 6.33. The van der Waals surface area contributed by atoms with Gasteiger partial charge in [0.1, 0.15) is 0 Å². The lowest BCUT2D eigenvalue weighted by molar-refractivity contribution is 0.112. The van der Waals surface area contributed by atoms with Gasteiger partial charge < -0.3 is 4.90 Å². The summed E-state index contributed by atoms with van der Waals surface area (Å²) in [6, 6.07) is 0. The molecule has 4 heteroatoms. The summed E-state index contributed by atoms with van der Waals surface area (Å²) in [7, 11) is 0. The van der Waals surface area contributed by atoms with E-state index < -0.39 is 0 Å². The highest BCUT2D eigenvalue weighted by Gasteiger charge is 2.15. The fourth-order valence-electron chi connectivity index (χ4n) is 1.84. The van der Waals surface area contributed by atoms with Gasteiger partial charge in [-0.3, -0.25) is 4.79 Å². The molecule has 0 saturated heterocycles. The van der Waals surface area contributed by atoms with E-state index in [1.165, 1.54) is 24.2 Å². The second-order valence-corrected chi connectivity index (χ2v) is 5.29. The summed E-state index contributed by atoms with van der Waals surface area (Å²) in [5.74, 6) is 0.707. The van der Waals surface area contributed by atoms with E-state index in [9.17, 15) is 4.79 Å². The van der Waals surface area contributed by atoms with Crippen molar-refractivity contribution in [3.8, 4) is 0 Å². The van der Waals surface area contributed by atoms with Crippen molar-refractivity contribution in [3.63, 3.8) is 0 Å². The van der Waals surface area contributed by atoms with E-state index in [4.69, 9.17) is 0 Å². The van der Waals surface area contributed by atoms with Crippen molar-refractivity contribution in [1.29, 1.82) is 0 Å². The summed E-state index contributed by atoms with van der Waals surface area (Å²) in [5, 5.41) is 0.985. The molecular weight excluding hydrogens is 232 g/mol. The third kappa shape index (κ3) is 3.53. The molecule has 0 atom stereocenters. The quantitative estimate of drug-likeness (QED) is 0.698. The van der Waals surface area contributed by atoms with Gasteiger partial charge in [-0.15, -0.1) is 0 Å². The molecule has 0 fully saturated rings. The zero-order valence-corrected chi connectivity index (χ0v) is 12.0. The fourth-order valence-corrected chi connectivity index (χ4v) is 2.79. The minimum Gasteiger partial charge on any atom is -0.348 e. The molecule has 1 heterocycles. The van der Waals surface area contributed by atoms with E-state index in [0.29, 0.717) is 5.92 Å². The van der Waals surface area contributed by atoms with E-state index in [2.05, 4.69) is 30.7 Å². The maximum atomic E-state index is 10.8. The molecule has 0 aliphatic carbocycles. The van der Waals surface area contributed by atoms with Crippen LogP contribution < -0.4 is 4.90 Å². The van der Waals surface area contributed by atoms with Crippen molar-refractivity contribution < 1.29 is 4.79 Å². The SMILES string of the molecule is CCC(CC)CN(CC)c1nc(C)c(C=O)s1. The van der Waals surface area contributed by atoms with Gasteiger partial charge in [-0.25, -0.2) is 4.98 Å². The average Bonchev–Trinajstić information content (AvgIpc) is 2.72. The zero-order chi connectivity index (χ0) is 12.8. The highest BCUT2D eigenvalue weighted by Crippen LogP contribution is 2.26. The topological polar surface area (TPSA) is 33.2 Å². The van der Waals surface area contributed by atoms with Crippen molar-refractivity contribution in [2.45, 2.75) is 40.5 Å². The third-order valence-electron chi connectivity index (χ3n) is 3.21. The fraction of sp³-hybridized carbons (Fsp3) is 0.692. The van der Waals surface area contributed by atoms with Crippen molar-refractivity contribution in [3.05, 3.63) is 10.6 Å². The van der Waals surface area contributed by atoms with Crippen LogP contribution in [0.1, 0.15) is 49.0 Å². The number of hydrogen-bond acceptors (Lipinski definition) is 4. The first kappa shape index (κ1) is 14.2. The molecule has 0 aromatic carbocycles. The predicted molar refractivity (Wildman–Crippen MR) is 74.2 cm³/mol. The number of carbonyl (C=O) groups excluding carboxylic acids is 1. The Hall–Kier alpha value is -0.900. The van der Waals surface area contributed by atoms with E-state index in [1.54, 1.807) is 0 Å². The molecule has 0 radical (unpaired) electrons. The largest absolute Gasteiger partial charge is 0.348 e. The number of carbonyl (C=O) groups is 1. The number of aromatic nitrogens is 1. The molecule has 17 heavy (non-hydrogen) atoms. The maximum Gasteiger partial charge on any atom is 0.186 e. The second kappa shape index (κ2) is 6.74. The Bertz CT molecular complexity index is 358. The highest BCUT2D eigenvalue weighted by atomic mass is 32.1. The van der Waals surface area contributed by atoms with Crippen LogP contribution >= 0.6 is 11.3 Å². The van der Waals surface area contributed by atoms with Gasteiger partial charge in [-0.2, -0.15) is 0 Å². The summed E-state index contributed by atoms with van der Waals surface area (Å²) in [5.41, 5.74) is 0.850. The normalized spacial score (nSPS) is 10.9. The summed E-state index contributed by atoms with van der Waals surface area (Å²) >= 11 is 1.50. The number of hydrogen-bond donors (Lipinski definition) is 0. The Morgan fingerprint density at radius 3 is 2.41 bits per heavy atom. The molecule has 0 spiro atoms. The predicted octanol–water partition coefficient (Wildman–Crippen LogP) is 3.53. The Labute approximate surface area is 108 Å². The van der Waals surface area contributed by atoms with Crippen LogP contribution in [0.2, 0.25) is 0 Å². The van der Waals surface area contributed by atoms with Crippen molar-refractivity contribution >= 4 is 22.8 Å². The van der Waals surface area contributed by atoms with Crippen LogP contribution in [0.25, 0.3) is 0 Å². The molecule has 0 aliphatic heterocycles. The number of anilines is 1. The van der Waals surface area contributed by atoms with E-state index in [1.807, 2.05) is 6.92 Å². The minimum absolute atomic E-state index is 0.707. The van der Waals surface area contributed by atoms with Crippen LogP contribution in [-0.2, 0) is 0 Å². The van der Waals surface area contributed by atoms with Gasteiger partial charge in [0, 0.05) is 13.1 Å². The third-order valence-corrected chi connectivity index (χ3v) is 4.36. The molecule has 3 nitrogen and oxygen atoms in total. The van der Waals surface area contributed by atoms with Crippen LogP contribution in [0.4, 0.5) is 5.13 Å². The molecule has 0 saturated carbocycles. The Morgan fingerprint density at radius 1 is 1.35 bits per heavy atom. The van der Waals surface area contributed by atoms with E-state index >= 15 is 0 Å². The zero-order valence-electron chi connectivity index (χ0n) is 11.2. The minimum atomic E-state index is 0.707. The number of rotatable bonds is 7. The first-order valence-corrected chi connectivity index (χ1v) is 7.15. The smallest absolute Gasteiger partial charge is 0.186 e. The number of aryl methyl sites for hydroxylation is 1. The summed E-state index contributed by atoms with van der Waals surface area (Å²) < 4.78 is 0. The standard InChI is InChI=1S/C13H22N2OS/c1-5-11(6-2)8-15(7-3)13-14-10(4)12(9-16)17-13/h9,11H,5-8H2,1-4H3. The van der Waals surface area contributed by atoms with Gasteiger partial charge in [0.15, 0.2) is 11.4 Å². The maximum absolute atomic E-state index is 10.8. The summed E-state index contributed by atoms with van der Waals surface area (Å²) in [4.78, 5) is 18.4. The number of aldehydes is 1. The molecule has 1 aromatic rings. The molecule has 1 rings (SSSR count). The lowest BCUT2D eigenvalue weighted by atomic mass is 10.0. The van der Waals surface area contributed by atoms with Crippen molar-refractivity contribution in [1.82, 2.24) is 4.98 Å². The van der Waals surface area contributed by atoms with Gasteiger partial charge in [0.05, 0.1) is 10.6 Å². The Balaban J connectivity index is 2.81. The number of nitrogens with zero attached hydrogens (tertiary/aromatic N) is 2. The highest BCUT2D eigenvalue weighted by molar-refractivity contribution is 7.17. The van der Waals surface area contributed by atoms with E-state index in [0.717, 1.165) is 35.1 Å². The van der Waals surface area contributed by atoms with Crippen LogP contribution in [0, 0.1) is 12.8 Å². The monoisotopic (exact) mass is 254 g/mol.